The number of thioether (sulfide) groups is 1. The van der Waals surface area contributed by atoms with Crippen molar-refractivity contribution in [3.63, 3.8) is 0 Å². The van der Waals surface area contributed by atoms with Crippen molar-refractivity contribution in [1.82, 2.24) is 14.3 Å². The molecule has 0 aliphatic carbocycles. The fourth-order valence-corrected chi connectivity index (χ4v) is 4.94. The maximum absolute atomic E-state index is 13.4. The van der Waals surface area contributed by atoms with Crippen molar-refractivity contribution in [2.45, 2.75) is 32.6 Å². The molecule has 8 nitrogen and oxygen atoms in total. The van der Waals surface area contributed by atoms with Crippen molar-refractivity contribution in [2.24, 2.45) is 0 Å². The van der Waals surface area contributed by atoms with E-state index in [2.05, 4.69) is 4.98 Å². The van der Waals surface area contributed by atoms with Gasteiger partial charge in [-0.1, -0.05) is 36.5 Å². The zero-order valence-electron chi connectivity index (χ0n) is 19.3. The Labute approximate surface area is 215 Å². The normalized spacial score (nSPS) is 14.7. The van der Waals surface area contributed by atoms with Gasteiger partial charge in [0.1, 0.15) is 27.1 Å². The van der Waals surface area contributed by atoms with E-state index in [4.69, 9.17) is 22.1 Å². The van der Waals surface area contributed by atoms with Crippen molar-refractivity contribution in [3.8, 4) is 11.6 Å². The lowest BCUT2D eigenvalue weighted by Gasteiger charge is -2.14. The van der Waals surface area contributed by atoms with Crippen LogP contribution in [0, 0.1) is 12.7 Å². The van der Waals surface area contributed by atoms with E-state index in [0.717, 1.165) is 17.3 Å². The molecule has 186 valence electrons. The fraction of sp³-hybridized carbons (Fsp3) is 0.240. The first-order chi connectivity index (χ1) is 17.2. The number of hydrogen-bond acceptors (Lipinski definition) is 7. The summed E-state index contributed by atoms with van der Waals surface area (Å²) in [6, 6.07) is 8.84. The molecule has 0 atom stereocenters. The minimum absolute atomic E-state index is 0.0140. The number of thiocarbonyl (C=S) groups is 1. The third-order valence-electron chi connectivity index (χ3n) is 5.50. The standard InChI is InChI=1S/C25H22FN3O5S2/c1-15-6-5-13-28-21(15)27-22(34-17-10-8-16(26)9-11-17)18(23(28)32)14-19-24(33)29(25(35)36-19)12-4-2-3-7-20(30)31/h5-6,8-11,13-14H,2-4,7,12H2,1H3,(H,30,31)/b19-14+. The second-order valence-electron chi connectivity index (χ2n) is 8.11. The largest absolute Gasteiger partial charge is 0.481 e. The van der Waals surface area contributed by atoms with Gasteiger partial charge in [0.15, 0.2) is 0 Å². The number of aromatic nitrogens is 2. The van der Waals surface area contributed by atoms with Crippen molar-refractivity contribution in [2.75, 3.05) is 6.54 Å². The number of carbonyl (C=O) groups excluding carboxylic acids is 1. The molecule has 4 rings (SSSR count). The number of nitrogens with zero attached hydrogens (tertiary/aromatic N) is 3. The van der Waals surface area contributed by atoms with E-state index in [9.17, 15) is 18.8 Å². The smallest absolute Gasteiger partial charge is 0.303 e. The van der Waals surface area contributed by atoms with E-state index in [1.54, 1.807) is 12.3 Å². The molecular weight excluding hydrogens is 505 g/mol. The third kappa shape index (κ3) is 5.63. The molecule has 36 heavy (non-hydrogen) atoms. The van der Waals surface area contributed by atoms with E-state index in [-0.39, 0.29) is 34.4 Å². The highest BCUT2D eigenvalue weighted by Crippen LogP contribution is 2.34. The summed E-state index contributed by atoms with van der Waals surface area (Å²) in [4.78, 5) is 43.4. The average molecular weight is 528 g/mol. The molecule has 0 radical (unpaired) electrons. The number of fused-ring (bicyclic) bond motifs is 1. The maximum Gasteiger partial charge on any atom is 0.303 e. The Bertz CT molecular complexity index is 1440. The number of amides is 1. The number of carboxylic acid groups (broad SMARTS) is 1. The maximum atomic E-state index is 13.4. The number of carboxylic acids is 1. The van der Waals surface area contributed by atoms with E-state index in [1.807, 2.05) is 13.0 Å². The summed E-state index contributed by atoms with van der Waals surface area (Å²) in [7, 11) is 0. The summed E-state index contributed by atoms with van der Waals surface area (Å²) in [6.07, 6.45) is 4.85. The van der Waals surface area contributed by atoms with Crippen LogP contribution in [0.2, 0.25) is 0 Å². The predicted molar refractivity (Wildman–Crippen MR) is 139 cm³/mol. The van der Waals surface area contributed by atoms with Gasteiger partial charge in [-0.15, -0.1) is 0 Å². The van der Waals surface area contributed by atoms with Crippen molar-refractivity contribution in [3.05, 3.63) is 74.8 Å². The monoisotopic (exact) mass is 527 g/mol. The first-order valence-corrected chi connectivity index (χ1v) is 12.4. The van der Waals surface area contributed by atoms with Gasteiger partial charge in [0.05, 0.1) is 4.91 Å². The first kappa shape index (κ1) is 25.5. The Morgan fingerprint density at radius 2 is 1.94 bits per heavy atom. The van der Waals surface area contributed by atoms with Gasteiger partial charge in [-0.3, -0.25) is 23.7 Å². The first-order valence-electron chi connectivity index (χ1n) is 11.2. The number of ether oxygens (including phenoxy) is 1. The zero-order valence-corrected chi connectivity index (χ0v) is 20.9. The lowest BCUT2D eigenvalue weighted by Crippen LogP contribution is -2.29. The number of halogens is 1. The number of rotatable bonds is 9. The van der Waals surface area contributed by atoms with Gasteiger partial charge in [-0.05, 0) is 61.7 Å². The Morgan fingerprint density at radius 1 is 1.19 bits per heavy atom. The van der Waals surface area contributed by atoms with Gasteiger partial charge in [0.2, 0.25) is 5.88 Å². The molecule has 2 aromatic heterocycles. The van der Waals surface area contributed by atoms with Crippen LogP contribution in [0.15, 0.2) is 52.3 Å². The number of benzene rings is 1. The molecule has 0 saturated carbocycles. The SMILES string of the molecule is Cc1cccn2c(=O)c(/C=C3/SC(=S)N(CCCCCC(=O)O)C3=O)c(Oc3ccc(F)cc3)nc12. The fourth-order valence-electron chi connectivity index (χ4n) is 3.65. The van der Waals surface area contributed by atoms with Crippen LogP contribution in [0.1, 0.15) is 36.8 Å². The van der Waals surface area contributed by atoms with Crippen molar-refractivity contribution in [1.29, 1.82) is 0 Å². The van der Waals surface area contributed by atoms with Gasteiger partial charge < -0.3 is 9.84 Å². The molecular formula is C25H22FN3O5S2. The number of pyridine rings is 1. The Kier molecular flexibility index (Phi) is 7.80. The molecule has 0 spiro atoms. The van der Waals surface area contributed by atoms with Crippen LogP contribution in [0.5, 0.6) is 11.6 Å². The molecule has 1 aliphatic heterocycles. The highest BCUT2D eigenvalue weighted by atomic mass is 32.2. The van der Waals surface area contributed by atoms with Crippen LogP contribution < -0.4 is 10.3 Å². The highest BCUT2D eigenvalue weighted by Gasteiger charge is 2.32. The van der Waals surface area contributed by atoms with Gasteiger partial charge >= 0.3 is 5.97 Å². The number of hydrogen-bond donors (Lipinski definition) is 1. The molecule has 1 amide bonds. The average Bonchev–Trinajstić information content (AvgIpc) is 3.10. The molecule has 0 unspecified atom stereocenters. The Morgan fingerprint density at radius 3 is 2.67 bits per heavy atom. The summed E-state index contributed by atoms with van der Waals surface area (Å²) in [5.41, 5.74) is 0.772. The van der Waals surface area contributed by atoms with Crippen LogP contribution in [0.25, 0.3) is 11.7 Å². The quantitative estimate of drug-likeness (QED) is 0.241. The molecule has 3 aromatic rings. The summed E-state index contributed by atoms with van der Waals surface area (Å²) in [5.74, 6) is -1.36. The minimum atomic E-state index is -0.854. The topological polar surface area (TPSA) is 101 Å². The summed E-state index contributed by atoms with van der Waals surface area (Å²) in [6.45, 7) is 2.17. The predicted octanol–water partition coefficient (Wildman–Crippen LogP) is 4.78. The van der Waals surface area contributed by atoms with Gasteiger partial charge in [0.25, 0.3) is 11.5 Å². The van der Waals surface area contributed by atoms with Crippen LogP contribution in [-0.2, 0) is 9.59 Å². The number of unbranched alkanes of at least 4 members (excludes halogenated alkanes) is 2. The summed E-state index contributed by atoms with van der Waals surface area (Å²) >= 11 is 6.45. The molecule has 1 aromatic carbocycles. The van der Waals surface area contributed by atoms with E-state index in [0.29, 0.717) is 35.8 Å². The molecule has 3 heterocycles. The number of aliphatic carboxylic acids is 1. The lowest BCUT2D eigenvalue weighted by atomic mass is 10.2. The zero-order chi connectivity index (χ0) is 25.8. The molecule has 11 heteroatoms. The molecule has 1 aliphatic rings. The highest BCUT2D eigenvalue weighted by molar-refractivity contribution is 8.26. The van der Waals surface area contributed by atoms with Gasteiger partial charge in [-0.2, -0.15) is 4.98 Å². The molecule has 1 saturated heterocycles. The van der Waals surface area contributed by atoms with Gasteiger partial charge in [-0.25, -0.2) is 4.39 Å². The molecule has 1 N–H and O–H groups in total. The number of aryl methyl sites for hydroxylation is 1. The molecule has 0 bridgehead atoms. The van der Waals surface area contributed by atoms with E-state index >= 15 is 0 Å². The van der Waals surface area contributed by atoms with E-state index < -0.39 is 17.3 Å². The van der Waals surface area contributed by atoms with Crippen molar-refractivity contribution >= 4 is 51.9 Å². The van der Waals surface area contributed by atoms with Crippen molar-refractivity contribution < 1.29 is 23.8 Å². The number of carbonyl (C=O) groups is 2. The minimum Gasteiger partial charge on any atom is -0.481 e. The summed E-state index contributed by atoms with van der Waals surface area (Å²) in [5, 5.41) is 8.76. The Balaban J connectivity index is 1.67. The van der Waals surface area contributed by atoms with E-state index in [1.165, 1.54) is 39.6 Å². The van der Waals surface area contributed by atoms with Crippen LogP contribution in [-0.4, -0.2) is 42.1 Å². The molecule has 1 fully saturated rings. The van der Waals surface area contributed by atoms with Gasteiger partial charge in [0, 0.05) is 19.2 Å². The lowest BCUT2D eigenvalue weighted by molar-refractivity contribution is -0.137. The Hall–Kier alpha value is -3.57. The van der Waals surface area contributed by atoms with Crippen LogP contribution in [0.3, 0.4) is 0 Å². The second-order valence-corrected chi connectivity index (χ2v) is 9.79. The summed E-state index contributed by atoms with van der Waals surface area (Å²) < 4.78 is 21.0. The van der Waals surface area contributed by atoms with Crippen LogP contribution in [0.4, 0.5) is 4.39 Å². The third-order valence-corrected chi connectivity index (χ3v) is 6.88. The second kappa shape index (κ2) is 11.0. The van der Waals surface area contributed by atoms with Crippen LogP contribution >= 0.6 is 24.0 Å².